The van der Waals surface area contributed by atoms with Gasteiger partial charge in [0.2, 0.25) is 0 Å². The molecule has 0 fully saturated rings. The first-order chi connectivity index (χ1) is 6.56. The standard InChI is InChI=1S/C9H12Br2N2O/c1-14-4-8(12)5-2-6(10)9(13)7(11)3-5/h2-3,8H,4,12-13H2,1H3/t8-/m0/s1. The summed E-state index contributed by atoms with van der Waals surface area (Å²) in [6, 6.07) is 3.68. The third-order valence-corrected chi connectivity index (χ3v) is 3.19. The number of methoxy groups -OCH3 is 1. The first-order valence-corrected chi connectivity index (χ1v) is 5.63. The molecule has 3 nitrogen and oxygen atoms in total. The van der Waals surface area contributed by atoms with Gasteiger partial charge in [0, 0.05) is 16.1 Å². The Morgan fingerprint density at radius 1 is 1.36 bits per heavy atom. The van der Waals surface area contributed by atoms with Crippen LogP contribution in [0.4, 0.5) is 5.69 Å². The summed E-state index contributed by atoms with van der Waals surface area (Å²) in [6.07, 6.45) is 0. The fourth-order valence-electron chi connectivity index (χ4n) is 1.09. The van der Waals surface area contributed by atoms with E-state index in [2.05, 4.69) is 31.9 Å². The SMILES string of the molecule is COC[C@H](N)c1cc(Br)c(N)c(Br)c1. The van der Waals surface area contributed by atoms with Crippen LogP contribution in [0.2, 0.25) is 0 Å². The molecule has 0 aliphatic carbocycles. The summed E-state index contributed by atoms with van der Waals surface area (Å²) < 4.78 is 6.66. The van der Waals surface area contributed by atoms with Crippen molar-refractivity contribution in [2.45, 2.75) is 6.04 Å². The molecular weight excluding hydrogens is 312 g/mol. The number of nitrogen functional groups attached to an aromatic ring is 1. The number of hydrogen-bond acceptors (Lipinski definition) is 3. The van der Waals surface area contributed by atoms with Gasteiger partial charge in [-0.2, -0.15) is 0 Å². The third-order valence-electron chi connectivity index (χ3n) is 1.88. The monoisotopic (exact) mass is 322 g/mol. The van der Waals surface area contributed by atoms with Gasteiger partial charge in [0.25, 0.3) is 0 Å². The van der Waals surface area contributed by atoms with Crippen LogP contribution in [0.25, 0.3) is 0 Å². The van der Waals surface area contributed by atoms with Gasteiger partial charge in [0.15, 0.2) is 0 Å². The second-order valence-electron chi connectivity index (χ2n) is 2.96. The molecule has 1 aromatic carbocycles. The number of ether oxygens (including phenoxy) is 1. The van der Waals surface area contributed by atoms with E-state index in [-0.39, 0.29) is 6.04 Å². The summed E-state index contributed by atoms with van der Waals surface area (Å²) >= 11 is 6.73. The van der Waals surface area contributed by atoms with Crippen LogP contribution < -0.4 is 11.5 Å². The molecule has 0 saturated carbocycles. The largest absolute Gasteiger partial charge is 0.397 e. The van der Waals surface area contributed by atoms with Crippen LogP contribution in [0.3, 0.4) is 0 Å². The van der Waals surface area contributed by atoms with Crippen molar-refractivity contribution in [3.8, 4) is 0 Å². The molecule has 0 aliphatic rings. The van der Waals surface area contributed by atoms with Crippen molar-refractivity contribution in [1.82, 2.24) is 0 Å². The number of rotatable bonds is 3. The minimum absolute atomic E-state index is 0.131. The normalized spacial score (nSPS) is 12.9. The van der Waals surface area contributed by atoms with Gasteiger partial charge in [-0.25, -0.2) is 0 Å². The Hall–Kier alpha value is -0.100. The molecule has 4 N–H and O–H groups in total. The molecule has 1 aromatic rings. The molecule has 14 heavy (non-hydrogen) atoms. The van der Waals surface area contributed by atoms with E-state index in [1.807, 2.05) is 12.1 Å². The summed E-state index contributed by atoms with van der Waals surface area (Å²) in [5, 5.41) is 0. The quantitative estimate of drug-likeness (QED) is 0.840. The zero-order chi connectivity index (χ0) is 10.7. The average Bonchev–Trinajstić information content (AvgIpc) is 2.13. The first kappa shape index (κ1) is 12.0. The maximum Gasteiger partial charge on any atom is 0.0655 e. The van der Waals surface area contributed by atoms with Crippen LogP contribution in [-0.4, -0.2) is 13.7 Å². The Morgan fingerprint density at radius 2 is 1.86 bits per heavy atom. The smallest absolute Gasteiger partial charge is 0.0655 e. The van der Waals surface area contributed by atoms with Crippen LogP contribution >= 0.6 is 31.9 Å². The highest BCUT2D eigenvalue weighted by atomic mass is 79.9. The molecule has 0 bridgehead atoms. The Morgan fingerprint density at radius 3 is 2.29 bits per heavy atom. The van der Waals surface area contributed by atoms with Gasteiger partial charge in [-0.1, -0.05) is 0 Å². The number of anilines is 1. The molecule has 0 heterocycles. The number of benzene rings is 1. The van der Waals surface area contributed by atoms with Crippen molar-refractivity contribution in [2.75, 3.05) is 19.5 Å². The van der Waals surface area contributed by atoms with Crippen LogP contribution in [0.15, 0.2) is 21.1 Å². The van der Waals surface area contributed by atoms with Crippen LogP contribution in [-0.2, 0) is 4.74 Å². The predicted molar refractivity (Wildman–Crippen MR) is 65.1 cm³/mol. The molecular formula is C9H12Br2N2O. The van der Waals surface area contributed by atoms with Crippen molar-refractivity contribution in [3.05, 3.63) is 26.6 Å². The highest BCUT2D eigenvalue weighted by Gasteiger charge is 2.10. The number of hydrogen-bond donors (Lipinski definition) is 2. The molecule has 5 heteroatoms. The van der Waals surface area contributed by atoms with Crippen molar-refractivity contribution in [2.24, 2.45) is 5.73 Å². The van der Waals surface area contributed by atoms with Gasteiger partial charge in [-0.15, -0.1) is 0 Å². The lowest BCUT2D eigenvalue weighted by Crippen LogP contribution is -2.16. The lowest BCUT2D eigenvalue weighted by Gasteiger charge is -2.13. The van der Waals surface area contributed by atoms with Crippen LogP contribution in [0.1, 0.15) is 11.6 Å². The Kier molecular flexibility index (Phi) is 4.37. The zero-order valence-corrected chi connectivity index (χ0v) is 10.9. The van der Waals surface area contributed by atoms with E-state index in [0.29, 0.717) is 12.3 Å². The van der Waals surface area contributed by atoms with Gasteiger partial charge < -0.3 is 16.2 Å². The Labute approximate surface area is 100 Å². The molecule has 78 valence electrons. The molecule has 1 atom stereocenters. The highest BCUT2D eigenvalue weighted by molar-refractivity contribution is 9.11. The van der Waals surface area contributed by atoms with Gasteiger partial charge >= 0.3 is 0 Å². The summed E-state index contributed by atoms with van der Waals surface area (Å²) in [4.78, 5) is 0. The van der Waals surface area contributed by atoms with E-state index in [1.165, 1.54) is 0 Å². The summed E-state index contributed by atoms with van der Waals surface area (Å²) in [5.41, 5.74) is 13.3. The van der Waals surface area contributed by atoms with Gasteiger partial charge in [-0.3, -0.25) is 0 Å². The lowest BCUT2D eigenvalue weighted by molar-refractivity contribution is 0.181. The molecule has 0 radical (unpaired) electrons. The van der Waals surface area contributed by atoms with E-state index in [9.17, 15) is 0 Å². The molecule has 0 spiro atoms. The fourth-order valence-corrected chi connectivity index (χ4v) is 2.32. The van der Waals surface area contributed by atoms with E-state index < -0.39 is 0 Å². The topological polar surface area (TPSA) is 61.3 Å². The van der Waals surface area contributed by atoms with Crippen LogP contribution in [0.5, 0.6) is 0 Å². The predicted octanol–water partition coefficient (Wildman–Crippen LogP) is 2.44. The van der Waals surface area contributed by atoms with Gasteiger partial charge in [-0.05, 0) is 49.6 Å². The number of halogens is 2. The second-order valence-corrected chi connectivity index (χ2v) is 4.67. The van der Waals surface area contributed by atoms with Crippen molar-refractivity contribution in [3.63, 3.8) is 0 Å². The average molecular weight is 324 g/mol. The maximum atomic E-state index is 5.89. The van der Waals surface area contributed by atoms with Gasteiger partial charge in [0.1, 0.15) is 0 Å². The van der Waals surface area contributed by atoms with Crippen molar-refractivity contribution >= 4 is 37.5 Å². The zero-order valence-electron chi connectivity index (χ0n) is 7.76. The summed E-state index contributed by atoms with van der Waals surface area (Å²) in [7, 11) is 1.63. The van der Waals surface area contributed by atoms with E-state index >= 15 is 0 Å². The first-order valence-electron chi connectivity index (χ1n) is 4.05. The summed E-state index contributed by atoms with van der Waals surface area (Å²) in [5.74, 6) is 0. The van der Waals surface area contributed by atoms with E-state index in [4.69, 9.17) is 16.2 Å². The molecule has 0 amide bonds. The third kappa shape index (κ3) is 2.70. The molecule has 0 aromatic heterocycles. The van der Waals surface area contributed by atoms with E-state index in [0.717, 1.165) is 14.5 Å². The molecule has 0 unspecified atom stereocenters. The molecule has 0 aliphatic heterocycles. The minimum atomic E-state index is -0.131. The lowest BCUT2D eigenvalue weighted by atomic mass is 10.1. The highest BCUT2D eigenvalue weighted by Crippen LogP contribution is 2.31. The fraction of sp³-hybridized carbons (Fsp3) is 0.333. The number of nitrogens with two attached hydrogens (primary N) is 2. The minimum Gasteiger partial charge on any atom is -0.397 e. The second kappa shape index (κ2) is 5.11. The summed E-state index contributed by atoms with van der Waals surface area (Å²) in [6.45, 7) is 0.489. The maximum absolute atomic E-state index is 5.89. The molecule has 1 rings (SSSR count). The molecule has 0 saturated heterocycles. The van der Waals surface area contributed by atoms with Crippen LogP contribution in [0, 0.1) is 0 Å². The van der Waals surface area contributed by atoms with E-state index in [1.54, 1.807) is 7.11 Å². The Bertz CT molecular complexity index is 308. The Balaban J connectivity index is 3.00. The van der Waals surface area contributed by atoms with Crippen molar-refractivity contribution < 1.29 is 4.74 Å². The van der Waals surface area contributed by atoms with Crippen molar-refractivity contribution in [1.29, 1.82) is 0 Å². The van der Waals surface area contributed by atoms with Gasteiger partial charge in [0.05, 0.1) is 18.3 Å².